The van der Waals surface area contributed by atoms with Gasteiger partial charge in [-0.1, -0.05) is 11.6 Å². The molecule has 98 valence electrons. The van der Waals surface area contributed by atoms with Crippen molar-refractivity contribution in [3.05, 3.63) is 34.1 Å². The van der Waals surface area contributed by atoms with Crippen LogP contribution in [0.15, 0.2) is 6.07 Å². The molecule has 1 unspecified atom stereocenters. The number of benzene rings is 1. The van der Waals surface area contributed by atoms with Crippen LogP contribution in [0.25, 0.3) is 0 Å². The number of halogens is 4. The average molecular weight is 281 g/mol. The van der Waals surface area contributed by atoms with Crippen LogP contribution in [0.3, 0.4) is 0 Å². The normalized spacial score (nSPS) is 12.1. The van der Waals surface area contributed by atoms with E-state index < -0.39 is 39.9 Å². The summed E-state index contributed by atoms with van der Waals surface area (Å²) in [5.41, 5.74) is -0.660. The van der Waals surface area contributed by atoms with E-state index in [1.54, 1.807) is 0 Å². The maximum atomic E-state index is 13.6. The van der Waals surface area contributed by atoms with Crippen molar-refractivity contribution in [1.29, 1.82) is 0 Å². The van der Waals surface area contributed by atoms with Gasteiger partial charge in [0.1, 0.15) is 23.0 Å². The van der Waals surface area contributed by atoms with E-state index in [0.29, 0.717) is 6.07 Å². The fourth-order valence-corrected chi connectivity index (χ4v) is 1.50. The Bertz CT molecular complexity index is 491. The first-order valence-electron chi connectivity index (χ1n) is 4.88. The van der Waals surface area contributed by atoms with E-state index in [9.17, 15) is 22.8 Å². The Morgan fingerprint density at radius 1 is 1.44 bits per heavy atom. The SMILES string of the molecule is CCOC(=O)C(C=O)c1cc(F)c(F)c(Cl)c1F. The van der Waals surface area contributed by atoms with E-state index in [1.165, 1.54) is 6.92 Å². The molecule has 18 heavy (non-hydrogen) atoms. The third kappa shape index (κ3) is 2.64. The van der Waals surface area contributed by atoms with Crippen LogP contribution in [0.4, 0.5) is 13.2 Å². The summed E-state index contributed by atoms with van der Waals surface area (Å²) >= 11 is 5.21. The van der Waals surface area contributed by atoms with E-state index in [1.807, 2.05) is 0 Å². The highest BCUT2D eigenvalue weighted by Crippen LogP contribution is 2.29. The molecule has 0 N–H and O–H groups in total. The lowest BCUT2D eigenvalue weighted by atomic mass is 10.00. The van der Waals surface area contributed by atoms with Crippen LogP contribution >= 0.6 is 11.6 Å². The van der Waals surface area contributed by atoms with Gasteiger partial charge < -0.3 is 9.53 Å². The van der Waals surface area contributed by atoms with Gasteiger partial charge in [0.2, 0.25) is 0 Å². The standard InChI is InChI=1S/C11H8ClF3O3/c1-2-18-11(17)6(4-16)5-3-7(13)10(15)8(12)9(5)14/h3-4,6H,2H2,1H3. The van der Waals surface area contributed by atoms with E-state index in [-0.39, 0.29) is 12.9 Å². The predicted octanol–water partition coefficient (Wildman–Crippen LogP) is 2.60. The minimum atomic E-state index is -1.68. The average Bonchev–Trinajstić information content (AvgIpc) is 2.34. The molecule has 0 spiro atoms. The third-order valence-electron chi connectivity index (χ3n) is 2.14. The van der Waals surface area contributed by atoms with E-state index in [0.717, 1.165) is 0 Å². The number of ether oxygens (including phenoxy) is 1. The summed E-state index contributed by atoms with van der Waals surface area (Å²) in [7, 11) is 0. The Morgan fingerprint density at radius 2 is 2.06 bits per heavy atom. The van der Waals surface area contributed by atoms with Crippen molar-refractivity contribution in [2.45, 2.75) is 12.8 Å². The molecule has 7 heteroatoms. The fourth-order valence-electron chi connectivity index (χ4n) is 1.31. The van der Waals surface area contributed by atoms with Crippen molar-refractivity contribution in [3.63, 3.8) is 0 Å². The lowest BCUT2D eigenvalue weighted by molar-refractivity contribution is -0.146. The van der Waals surface area contributed by atoms with Crippen LogP contribution in [-0.2, 0) is 14.3 Å². The van der Waals surface area contributed by atoms with Gasteiger partial charge in [0.15, 0.2) is 11.6 Å². The van der Waals surface area contributed by atoms with Gasteiger partial charge in [-0.3, -0.25) is 4.79 Å². The molecule has 1 rings (SSSR count). The van der Waals surface area contributed by atoms with Crippen LogP contribution in [0, 0.1) is 17.5 Å². The second-order valence-corrected chi connectivity index (χ2v) is 3.63. The van der Waals surface area contributed by atoms with Crippen LogP contribution < -0.4 is 0 Å². The molecule has 0 aliphatic rings. The first-order valence-corrected chi connectivity index (χ1v) is 5.26. The lowest BCUT2D eigenvalue weighted by Gasteiger charge is -2.12. The van der Waals surface area contributed by atoms with Crippen LogP contribution in [-0.4, -0.2) is 18.9 Å². The molecule has 1 atom stereocenters. The second kappa shape index (κ2) is 5.86. The highest BCUT2D eigenvalue weighted by Gasteiger charge is 2.28. The summed E-state index contributed by atoms with van der Waals surface area (Å²) in [6.45, 7) is 1.44. The zero-order valence-corrected chi connectivity index (χ0v) is 9.93. The Morgan fingerprint density at radius 3 is 2.56 bits per heavy atom. The van der Waals surface area contributed by atoms with Crippen molar-refractivity contribution in [2.75, 3.05) is 6.61 Å². The molecule has 0 saturated heterocycles. The molecule has 0 saturated carbocycles. The van der Waals surface area contributed by atoms with Gasteiger partial charge in [-0.05, 0) is 13.0 Å². The minimum absolute atomic E-state index is 0.0395. The molecule has 1 aromatic rings. The van der Waals surface area contributed by atoms with Crippen LogP contribution in [0.2, 0.25) is 5.02 Å². The van der Waals surface area contributed by atoms with Crippen molar-refractivity contribution < 1.29 is 27.5 Å². The third-order valence-corrected chi connectivity index (χ3v) is 2.47. The summed E-state index contributed by atoms with van der Waals surface area (Å²) in [5, 5.41) is -1.11. The van der Waals surface area contributed by atoms with Gasteiger partial charge in [0.25, 0.3) is 0 Å². The summed E-state index contributed by atoms with van der Waals surface area (Å²) in [5.74, 6) is -7.13. The fraction of sp³-hybridized carbons (Fsp3) is 0.273. The minimum Gasteiger partial charge on any atom is -0.465 e. The van der Waals surface area contributed by atoms with E-state index in [4.69, 9.17) is 11.6 Å². The Kier molecular flexibility index (Phi) is 4.72. The van der Waals surface area contributed by atoms with Gasteiger partial charge in [0.05, 0.1) is 6.61 Å². The molecular formula is C11H8ClF3O3. The molecule has 0 radical (unpaired) electrons. The molecule has 0 heterocycles. The number of esters is 1. The largest absolute Gasteiger partial charge is 0.465 e. The first kappa shape index (κ1) is 14.5. The molecule has 0 aromatic heterocycles. The summed E-state index contributed by atoms with van der Waals surface area (Å²) in [6.07, 6.45) is 0.0735. The smallest absolute Gasteiger partial charge is 0.320 e. The van der Waals surface area contributed by atoms with Crippen molar-refractivity contribution in [2.24, 2.45) is 0 Å². The molecule has 3 nitrogen and oxygen atoms in total. The molecule has 0 bridgehead atoms. The highest BCUT2D eigenvalue weighted by molar-refractivity contribution is 6.31. The van der Waals surface area contributed by atoms with Gasteiger partial charge in [-0.2, -0.15) is 0 Å². The zero-order chi connectivity index (χ0) is 13.9. The summed E-state index contributed by atoms with van der Waals surface area (Å²) in [4.78, 5) is 22.1. The molecule has 1 aromatic carbocycles. The summed E-state index contributed by atoms with van der Waals surface area (Å²) < 4.78 is 44.1. The van der Waals surface area contributed by atoms with Crippen molar-refractivity contribution >= 4 is 23.9 Å². The van der Waals surface area contributed by atoms with E-state index in [2.05, 4.69) is 4.74 Å². The molecular weight excluding hydrogens is 273 g/mol. The van der Waals surface area contributed by atoms with Crippen LogP contribution in [0.5, 0.6) is 0 Å². The second-order valence-electron chi connectivity index (χ2n) is 3.26. The summed E-state index contributed by atoms with van der Waals surface area (Å²) in [6, 6.07) is 0.409. The number of carbonyl (C=O) groups excluding carboxylic acids is 2. The highest BCUT2D eigenvalue weighted by atomic mass is 35.5. The maximum absolute atomic E-state index is 13.6. The number of hydrogen-bond acceptors (Lipinski definition) is 3. The Balaban J connectivity index is 3.30. The molecule has 0 aliphatic carbocycles. The Hall–Kier alpha value is -1.56. The van der Waals surface area contributed by atoms with Gasteiger partial charge in [-0.25, -0.2) is 13.2 Å². The van der Waals surface area contributed by atoms with Gasteiger partial charge in [-0.15, -0.1) is 0 Å². The molecule has 0 aliphatic heterocycles. The molecule has 0 amide bonds. The monoisotopic (exact) mass is 280 g/mol. The number of aldehydes is 1. The number of carbonyl (C=O) groups is 2. The topological polar surface area (TPSA) is 43.4 Å². The quantitative estimate of drug-likeness (QED) is 0.280. The number of hydrogen-bond donors (Lipinski definition) is 0. The van der Waals surface area contributed by atoms with Gasteiger partial charge in [0, 0.05) is 5.56 Å². The zero-order valence-electron chi connectivity index (χ0n) is 9.18. The van der Waals surface area contributed by atoms with Gasteiger partial charge >= 0.3 is 5.97 Å². The maximum Gasteiger partial charge on any atom is 0.320 e. The lowest BCUT2D eigenvalue weighted by Crippen LogP contribution is -2.19. The Labute approximate surface area is 105 Å². The first-order chi connectivity index (χ1) is 8.43. The predicted molar refractivity (Wildman–Crippen MR) is 56.8 cm³/mol. The van der Waals surface area contributed by atoms with E-state index >= 15 is 0 Å². The van der Waals surface area contributed by atoms with Crippen molar-refractivity contribution in [3.8, 4) is 0 Å². The number of rotatable bonds is 4. The van der Waals surface area contributed by atoms with Crippen LogP contribution in [0.1, 0.15) is 18.4 Å². The van der Waals surface area contributed by atoms with Crippen molar-refractivity contribution in [1.82, 2.24) is 0 Å². The molecule has 0 fully saturated rings.